The van der Waals surface area contributed by atoms with E-state index >= 15 is 0 Å². The van der Waals surface area contributed by atoms with Crippen molar-refractivity contribution in [1.82, 2.24) is 9.88 Å². The number of nitrogens with zero attached hydrogens (tertiary/aromatic N) is 1. The molecule has 4 rings (SSSR count). The Bertz CT molecular complexity index is 1070. The van der Waals surface area contributed by atoms with E-state index in [9.17, 15) is 9.59 Å². The summed E-state index contributed by atoms with van der Waals surface area (Å²) in [6, 6.07) is 7.50. The fourth-order valence-electron chi connectivity index (χ4n) is 3.41. The summed E-state index contributed by atoms with van der Waals surface area (Å²) in [5.41, 5.74) is 3.29. The van der Waals surface area contributed by atoms with Crippen LogP contribution in [0.1, 0.15) is 36.7 Å². The van der Waals surface area contributed by atoms with E-state index < -0.39 is 0 Å². The summed E-state index contributed by atoms with van der Waals surface area (Å²) in [5.74, 6) is 1.65. The lowest BCUT2D eigenvalue weighted by atomic mass is 9.84. The van der Waals surface area contributed by atoms with Gasteiger partial charge in [0, 0.05) is 35.0 Å². The summed E-state index contributed by atoms with van der Waals surface area (Å²) in [4.78, 5) is 29.9. The number of aromatic nitrogens is 1. The van der Waals surface area contributed by atoms with Crippen LogP contribution in [0.5, 0.6) is 0 Å². The van der Waals surface area contributed by atoms with Gasteiger partial charge in [-0.2, -0.15) is 0 Å². The van der Waals surface area contributed by atoms with Gasteiger partial charge in [-0.25, -0.2) is 0 Å². The lowest BCUT2D eigenvalue weighted by molar-refractivity contribution is 0.0803. The average Bonchev–Trinajstić information content (AvgIpc) is 3.30. The second-order valence-electron chi connectivity index (χ2n) is 7.82. The van der Waals surface area contributed by atoms with Gasteiger partial charge < -0.3 is 14.3 Å². The van der Waals surface area contributed by atoms with Crippen molar-refractivity contribution in [1.29, 1.82) is 0 Å². The molecular formula is C21H22N2O3S. The van der Waals surface area contributed by atoms with Crippen LogP contribution in [0.15, 0.2) is 45.9 Å². The summed E-state index contributed by atoms with van der Waals surface area (Å²) >= 11 is 1.75. The number of H-pyrrole nitrogens is 1. The van der Waals surface area contributed by atoms with Crippen molar-refractivity contribution in [3.05, 3.63) is 58.2 Å². The highest BCUT2D eigenvalue weighted by atomic mass is 32.2. The van der Waals surface area contributed by atoms with Crippen molar-refractivity contribution in [2.24, 2.45) is 0 Å². The fraction of sp³-hybridized carbons (Fsp3) is 0.333. The Hall–Kier alpha value is -2.47. The second kappa shape index (κ2) is 6.60. The minimum atomic E-state index is -0.197. The van der Waals surface area contributed by atoms with Gasteiger partial charge >= 0.3 is 0 Å². The number of nitrogens with one attached hydrogen (secondary N) is 1. The molecule has 0 aliphatic carbocycles. The van der Waals surface area contributed by atoms with Gasteiger partial charge in [0.2, 0.25) is 0 Å². The number of carbonyl (C=O) groups is 1. The van der Waals surface area contributed by atoms with Gasteiger partial charge in [0.15, 0.2) is 0 Å². The van der Waals surface area contributed by atoms with Gasteiger partial charge in [-0.3, -0.25) is 9.59 Å². The van der Waals surface area contributed by atoms with Crippen LogP contribution < -0.4 is 5.56 Å². The van der Waals surface area contributed by atoms with Crippen LogP contribution in [-0.2, 0) is 5.41 Å². The van der Waals surface area contributed by atoms with Gasteiger partial charge in [-0.05, 0) is 35.2 Å². The third-order valence-corrected chi connectivity index (χ3v) is 5.85. The number of benzene rings is 1. The molecule has 0 unspecified atom stereocenters. The Morgan fingerprint density at radius 3 is 2.78 bits per heavy atom. The summed E-state index contributed by atoms with van der Waals surface area (Å²) in [6.07, 6.45) is 3.18. The third kappa shape index (κ3) is 3.18. The normalized spacial score (nSPS) is 14.9. The third-order valence-electron chi connectivity index (χ3n) is 4.88. The van der Waals surface area contributed by atoms with Gasteiger partial charge in [0.05, 0.1) is 11.4 Å². The molecule has 0 spiro atoms. The molecular weight excluding hydrogens is 360 g/mol. The van der Waals surface area contributed by atoms with Crippen LogP contribution in [0.3, 0.4) is 0 Å². The number of fused-ring (bicyclic) bond motifs is 1. The minimum Gasteiger partial charge on any atom is -0.463 e. The number of carbonyl (C=O) groups excluding carboxylic acids is 1. The highest BCUT2D eigenvalue weighted by molar-refractivity contribution is 7.99. The van der Waals surface area contributed by atoms with Crippen molar-refractivity contribution in [3.63, 3.8) is 0 Å². The first-order valence-corrected chi connectivity index (χ1v) is 10.1. The topological polar surface area (TPSA) is 66.3 Å². The molecule has 27 heavy (non-hydrogen) atoms. The summed E-state index contributed by atoms with van der Waals surface area (Å²) < 4.78 is 5.87. The molecule has 0 atom stereocenters. The molecule has 0 bridgehead atoms. The van der Waals surface area contributed by atoms with E-state index in [0.717, 1.165) is 28.8 Å². The van der Waals surface area contributed by atoms with Crippen LogP contribution in [0.2, 0.25) is 0 Å². The van der Waals surface area contributed by atoms with Crippen molar-refractivity contribution in [2.45, 2.75) is 26.2 Å². The molecule has 3 heterocycles. The number of amides is 1. The first kappa shape index (κ1) is 17.9. The Morgan fingerprint density at radius 1 is 1.30 bits per heavy atom. The van der Waals surface area contributed by atoms with E-state index in [1.807, 2.05) is 17.0 Å². The van der Waals surface area contributed by atoms with E-state index in [2.05, 4.69) is 25.8 Å². The fourth-order valence-corrected chi connectivity index (χ4v) is 4.35. The summed E-state index contributed by atoms with van der Waals surface area (Å²) in [7, 11) is 0. The van der Waals surface area contributed by atoms with E-state index in [4.69, 9.17) is 4.42 Å². The predicted octanol–water partition coefficient (Wildman–Crippen LogP) is 4.23. The number of furan rings is 1. The lowest BCUT2D eigenvalue weighted by Gasteiger charge is -2.20. The highest BCUT2D eigenvalue weighted by Crippen LogP contribution is 2.37. The van der Waals surface area contributed by atoms with E-state index in [0.29, 0.717) is 22.6 Å². The Morgan fingerprint density at radius 2 is 2.11 bits per heavy atom. The number of aromatic amines is 1. The molecule has 1 aliphatic rings. The molecule has 3 aromatic rings. The van der Waals surface area contributed by atoms with Gasteiger partial charge in [0.25, 0.3) is 11.5 Å². The highest BCUT2D eigenvalue weighted by Gasteiger charge is 2.27. The van der Waals surface area contributed by atoms with E-state index in [1.54, 1.807) is 36.4 Å². The maximum absolute atomic E-state index is 13.0. The molecule has 140 valence electrons. The number of thioether (sulfide) groups is 1. The molecule has 5 nitrogen and oxygen atoms in total. The zero-order chi connectivity index (χ0) is 19.2. The molecule has 1 amide bonds. The zero-order valence-corrected chi connectivity index (χ0v) is 16.5. The predicted molar refractivity (Wildman–Crippen MR) is 109 cm³/mol. The molecule has 1 saturated heterocycles. The molecule has 0 saturated carbocycles. The number of pyridine rings is 1. The van der Waals surface area contributed by atoms with Crippen molar-refractivity contribution >= 4 is 28.6 Å². The molecule has 1 aromatic carbocycles. The Balaban J connectivity index is 1.96. The quantitative estimate of drug-likeness (QED) is 0.720. The first-order chi connectivity index (χ1) is 12.9. The van der Waals surface area contributed by atoms with E-state index in [1.165, 1.54) is 0 Å². The van der Waals surface area contributed by atoms with Crippen LogP contribution in [0, 0.1) is 0 Å². The van der Waals surface area contributed by atoms with E-state index in [-0.39, 0.29) is 16.9 Å². The van der Waals surface area contributed by atoms with Crippen LogP contribution in [-0.4, -0.2) is 34.0 Å². The number of hydrogen-bond acceptors (Lipinski definition) is 4. The lowest BCUT2D eigenvalue weighted by Crippen LogP contribution is -2.27. The van der Waals surface area contributed by atoms with Crippen LogP contribution in [0.25, 0.3) is 22.1 Å². The van der Waals surface area contributed by atoms with Crippen LogP contribution in [0.4, 0.5) is 0 Å². The zero-order valence-electron chi connectivity index (χ0n) is 15.7. The monoisotopic (exact) mass is 382 g/mol. The Kier molecular flexibility index (Phi) is 4.38. The number of rotatable bonds is 2. The maximum atomic E-state index is 13.0. The van der Waals surface area contributed by atoms with Gasteiger partial charge in [0.1, 0.15) is 11.8 Å². The van der Waals surface area contributed by atoms with Crippen LogP contribution >= 0.6 is 11.8 Å². The standard InChI is InChI=1S/C21H22N2O3S/c1-21(2,3)17-10-13(14-5-4-6-22-19(14)24)9-15-16(11-26-18(15)17)20(25)23-7-8-27-12-23/h4-6,9-11H,7-8,12H2,1-3H3,(H,22,24). The molecule has 1 N–H and O–H groups in total. The molecule has 6 heteroatoms. The second-order valence-corrected chi connectivity index (χ2v) is 8.89. The summed E-state index contributed by atoms with van der Waals surface area (Å²) in [5, 5.41) is 0.766. The van der Waals surface area contributed by atoms with Crippen molar-refractivity contribution in [3.8, 4) is 11.1 Å². The molecule has 0 radical (unpaired) electrons. The average molecular weight is 382 g/mol. The van der Waals surface area contributed by atoms with Gasteiger partial charge in [-0.15, -0.1) is 11.8 Å². The van der Waals surface area contributed by atoms with Gasteiger partial charge in [-0.1, -0.05) is 20.8 Å². The summed E-state index contributed by atoms with van der Waals surface area (Å²) in [6.45, 7) is 7.05. The minimum absolute atomic E-state index is 0.0160. The smallest absolute Gasteiger partial charge is 0.258 e. The largest absolute Gasteiger partial charge is 0.463 e. The first-order valence-electron chi connectivity index (χ1n) is 8.97. The van der Waals surface area contributed by atoms with Crippen molar-refractivity contribution in [2.75, 3.05) is 18.2 Å². The molecule has 1 fully saturated rings. The van der Waals surface area contributed by atoms with Crippen molar-refractivity contribution < 1.29 is 9.21 Å². The Labute approximate surface area is 161 Å². The maximum Gasteiger partial charge on any atom is 0.258 e. The SMILES string of the molecule is CC(C)(C)c1cc(-c2ccc[nH]c2=O)cc2c(C(=O)N3CCSC3)coc12. The molecule has 1 aliphatic heterocycles. The molecule has 2 aromatic heterocycles. The number of hydrogen-bond donors (Lipinski definition) is 1.